The van der Waals surface area contributed by atoms with Crippen LogP contribution in [0.2, 0.25) is 0 Å². The number of hydrogen-bond acceptors (Lipinski definition) is 3. The molecule has 0 amide bonds. The molecule has 0 saturated carbocycles. The molecule has 3 nitrogen and oxygen atoms in total. The van der Waals surface area contributed by atoms with Crippen LogP contribution in [0.15, 0.2) is 48.5 Å². The van der Waals surface area contributed by atoms with E-state index in [0.717, 1.165) is 0 Å². The largest absolute Gasteiger partial charge is 0.490 e. The van der Waals surface area contributed by atoms with Gasteiger partial charge in [0.15, 0.2) is 11.5 Å². The van der Waals surface area contributed by atoms with Crippen molar-refractivity contribution in [3.05, 3.63) is 59.9 Å². The van der Waals surface area contributed by atoms with E-state index >= 15 is 0 Å². The van der Waals surface area contributed by atoms with E-state index in [1.807, 2.05) is 25.1 Å². The molecule has 0 aromatic heterocycles. The van der Waals surface area contributed by atoms with Crippen molar-refractivity contribution >= 4 is 0 Å². The van der Waals surface area contributed by atoms with Crippen LogP contribution in [0.5, 0.6) is 11.5 Å². The number of ether oxygens (including phenoxy) is 2. The molecule has 0 aliphatic rings. The summed E-state index contributed by atoms with van der Waals surface area (Å²) in [5.74, 6) is 0.889. The third kappa shape index (κ3) is 3.71. The van der Waals surface area contributed by atoms with Gasteiger partial charge in [0.1, 0.15) is 18.5 Å². The maximum absolute atomic E-state index is 12.8. The Morgan fingerprint density at radius 2 is 1.60 bits per heavy atom. The van der Waals surface area contributed by atoms with Crippen LogP contribution in [0.25, 0.3) is 0 Å². The minimum absolute atomic E-state index is 0.0791. The van der Waals surface area contributed by atoms with Crippen LogP contribution in [0.1, 0.15) is 18.6 Å². The van der Waals surface area contributed by atoms with Gasteiger partial charge in [-0.1, -0.05) is 24.3 Å². The summed E-state index contributed by atoms with van der Waals surface area (Å²) in [6.07, 6.45) is -0.815. The standard InChI is InChI=1S/C16H17FO3/c1-2-19-15-5-3-4-6-16(15)20-11-14(18)12-7-9-13(17)10-8-12/h3-10,14,18H,2,11H2,1H3. The Labute approximate surface area is 117 Å². The summed E-state index contributed by atoms with van der Waals surface area (Å²) in [6, 6.07) is 13.0. The smallest absolute Gasteiger partial charge is 0.161 e. The van der Waals surface area contributed by atoms with E-state index in [0.29, 0.717) is 23.7 Å². The number of aliphatic hydroxyl groups excluding tert-OH is 1. The van der Waals surface area contributed by atoms with Crippen molar-refractivity contribution < 1.29 is 19.0 Å². The normalized spacial score (nSPS) is 11.9. The Balaban J connectivity index is 1.99. The second-order valence-corrected chi connectivity index (χ2v) is 4.26. The molecule has 1 unspecified atom stereocenters. The summed E-state index contributed by atoms with van der Waals surface area (Å²) in [6.45, 7) is 2.51. The lowest BCUT2D eigenvalue weighted by Crippen LogP contribution is -2.10. The summed E-state index contributed by atoms with van der Waals surface area (Å²) < 4.78 is 23.8. The van der Waals surface area contributed by atoms with Gasteiger partial charge in [0.2, 0.25) is 0 Å². The third-order valence-electron chi connectivity index (χ3n) is 2.80. The maximum atomic E-state index is 12.8. The van der Waals surface area contributed by atoms with Crippen LogP contribution in [-0.4, -0.2) is 18.3 Å². The molecule has 20 heavy (non-hydrogen) atoms. The van der Waals surface area contributed by atoms with E-state index in [1.54, 1.807) is 6.07 Å². The number of halogens is 1. The quantitative estimate of drug-likeness (QED) is 0.879. The van der Waals surface area contributed by atoms with Crippen LogP contribution in [0.3, 0.4) is 0 Å². The van der Waals surface area contributed by atoms with E-state index in [1.165, 1.54) is 24.3 Å². The van der Waals surface area contributed by atoms with Crippen LogP contribution < -0.4 is 9.47 Å². The second kappa shape index (κ2) is 6.91. The van der Waals surface area contributed by atoms with Crippen molar-refractivity contribution in [2.24, 2.45) is 0 Å². The monoisotopic (exact) mass is 276 g/mol. The molecule has 0 bridgehead atoms. The van der Waals surface area contributed by atoms with Gasteiger partial charge in [0, 0.05) is 0 Å². The Morgan fingerprint density at radius 3 is 2.20 bits per heavy atom. The van der Waals surface area contributed by atoms with E-state index in [-0.39, 0.29) is 12.4 Å². The molecule has 0 fully saturated rings. The highest BCUT2D eigenvalue weighted by molar-refractivity contribution is 5.39. The van der Waals surface area contributed by atoms with Gasteiger partial charge in [-0.3, -0.25) is 0 Å². The Bertz CT molecular complexity index is 540. The predicted octanol–water partition coefficient (Wildman–Crippen LogP) is 3.34. The zero-order chi connectivity index (χ0) is 14.4. The first-order chi connectivity index (χ1) is 9.70. The molecule has 1 atom stereocenters. The molecule has 0 saturated heterocycles. The molecule has 2 rings (SSSR count). The number of rotatable bonds is 6. The highest BCUT2D eigenvalue weighted by Crippen LogP contribution is 2.27. The van der Waals surface area contributed by atoms with Crippen molar-refractivity contribution in [2.45, 2.75) is 13.0 Å². The number of hydrogen-bond donors (Lipinski definition) is 1. The molecular weight excluding hydrogens is 259 g/mol. The minimum Gasteiger partial charge on any atom is -0.490 e. The SMILES string of the molecule is CCOc1ccccc1OCC(O)c1ccc(F)cc1. The van der Waals surface area contributed by atoms with Gasteiger partial charge in [-0.2, -0.15) is 0 Å². The first-order valence-electron chi connectivity index (χ1n) is 6.49. The fourth-order valence-electron chi connectivity index (χ4n) is 1.79. The fraction of sp³-hybridized carbons (Fsp3) is 0.250. The summed E-state index contributed by atoms with van der Waals surface area (Å²) in [4.78, 5) is 0. The molecule has 106 valence electrons. The van der Waals surface area contributed by atoms with Crippen molar-refractivity contribution in [1.82, 2.24) is 0 Å². The summed E-state index contributed by atoms with van der Waals surface area (Å²) >= 11 is 0. The average molecular weight is 276 g/mol. The molecule has 4 heteroatoms. The first kappa shape index (κ1) is 14.3. The molecular formula is C16H17FO3. The zero-order valence-electron chi connectivity index (χ0n) is 11.3. The van der Waals surface area contributed by atoms with Gasteiger partial charge < -0.3 is 14.6 Å². The molecule has 2 aromatic carbocycles. The Morgan fingerprint density at radius 1 is 1.00 bits per heavy atom. The number of aliphatic hydroxyl groups is 1. The van der Waals surface area contributed by atoms with E-state index in [9.17, 15) is 9.50 Å². The molecule has 0 heterocycles. The van der Waals surface area contributed by atoms with Gasteiger partial charge in [-0.05, 0) is 36.8 Å². The Kier molecular flexibility index (Phi) is 4.96. The van der Waals surface area contributed by atoms with Crippen LogP contribution in [0.4, 0.5) is 4.39 Å². The van der Waals surface area contributed by atoms with Crippen molar-refractivity contribution in [1.29, 1.82) is 0 Å². The summed E-state index contributed by atoms with van der Waals surface area (Å²) in [5, 5.41) is 10.0. The van der Waals surface area contributed by atoms with Crippen molar-refractivity contribution in [3.63, 3.8) is 0 Å². The van der Waals surface area contributed by atoms with Gasteiger partial charge in [-0.15, -0.1) is 0 Å². The average Bonchev–Trinajstić information content (AvgIpc) is 2.47. The molecule has 0 radical (unpaired) electrons. The van der Waals surface area contributed by atoms with Gasteiger partial charge >= 0.3 is 0 Å². The van der Waals surface area contributed by atoms with Gasteiger partial charge in [0.25, 0.3) is 0 Å². The molecule has 0 aliphatic carbocycles. The molecule has 0 aliphatic heterocycles. The lowest BCUT2D eigenvalue weighted by molar-refractivity contribution is 0.106. The topological polar surface area (TPSA) is 38.7 Å². The second-order valence-electron chi connectivity index (χ2n) is 4.26. The predicted molar refractivity (Wildman–Crippen MR) is 74.5 cm³/mol. The van der Waals surface area contributed by atoms with Crippen LogP contribution in [-0.2, 0) is 0 Å². The van der Waals surface area contributed by atoms with Crippen LogP contribution >= 0.6 is 0 Å². The number of para-hydroxylation sites is 2. The van der Waals surface area contributed by atoms with Crippen molar-refractivity contribution in [2.75, 3.05) is 13.2 Å². The molecule has 0 spiro atoms. The first-order valence-corrected chi connectivity index (χ1v) is 6.49. The highest BCUT2D eigenvalue weighted by Gasteiger charge is 2.10. The van der Waals surface area contributed by atoms with E-state index in [4.69, 9.17) is 9.47 Å². The lowest BCUT2D eigenvalue weighted by Gasteiger charge is -2.15. The molecule has 2 aromatic rings. The summed E-state index contributed by atoms with van der Waals surface area (Å²) in [7, 11) is 0. The highest BCUT2D eigenvalue weighted by atomic mass is 19.1. The van der Waals surface area contributed by atoms with Crippen molar-refractivity contribution in [3.8, 4) is 11.5 Å². The molecule has 1 N–H and O–H groups in total. The zero-order valence-corrected chi connectivity index (χ0v) is 11.3. The van der Waals surface area contributed by atoms with E-state index in [2.05, 4.69) is 0 Å². The van der Waals surface area contributed by atoms with Gasteiger partial charge in [-0.25, -0.2) is 4.39 Å². The third-order valence-corrected chi connectivity index (χ3v) is 2.80. The Hall–Kier alpha value is -2.07. The van der Waals surface area contributed by atoms with Crippen LogP contribution in [0, 0.1) is 5.82 Å². The minimum atomic E-state index is -0.815. The summed E-state index contributed by atoms with van der Waals surface area (Å²) in [5.41, 5.74) is 0.611. The van der Waals surface area contributed by atoms with Gasteiger partial charge in [0.05, 0.1) is 6.61 Å². The van der Waals surface area contributed by atoms with E-state index < -0.39 is 6.10 Å². The lowest BCUT2D eigenvalue weighted by atomic mass is 10.1. The number of benzene rings is 2. The fourth-order valence-corrected chi connectivity index (χ4v) is 1.79. The maximum Gasteiger partial charge on any atom is 0.161 e.